The van der Waals surface area contributed by atoms with Gasteiger partial charge >= 0.3 is 0 Å². The van der Waals surface area contributed by atoms with E-state index in [4.69, 9.17) is 16.3 Å². The number of carbonyl (C=O) groups excluding carboxylic acids is 1. The van der Waals surface area contributed by atoms with Crippen LogP contribution in [-0.4, -0.2) is 39.9 Å². The largest absolute Gasteiger partial charge is 0.494 e. The molecular weight excluding hydrogens is 426 g/mol. The molecule has 9 heteroatoms. The quantitative estimate of drug-likeness (QED) is 0.338. The molecule has 0 saturated carbocycles. The van der Waals surface area contributed by atoms with E-state index in [1.165, 1.54) is 6.21 Å². The zero-order chi connectivity index (χ0) is 22.1. The number of hydrogen-bond donors (Lipinski definition) is 1. The van der Waals surface area contributed by atoms with Crippen molar-refractivity contribution in [1.82, 2.24) is 5.43 Å². The van der Waals surface area contributed by atoms with Crippen LogP contribution in [0.15, 0.2) is 47.6 Å². The Morgan fingerprint density at radius 3 is 2.53 bits per heavy atom. The lowest BCUT2D eigenvalue weighted by molar-refractivity contribution is -0.119. The van der Waals surface area contributed by atoms with Gasteiger partial charge in [-0.25, -0.2) is 13.8 Å². The third-order valence-electron chi connectivity index (χ3n) is 4.16. The predicted octanol–water partition coefficient (Wildman–Crippen LogP) is 3.74. The predicted molar refractivity (Wildman–Crippen MR) is 121 cm³/mol. The van der Waals surface area contributed by atoms with Gasteiger partial charge in [0.1, 0.15) is 12.3 Å². The summed E-state index contributed by atoms with van der Waals surface area (Å²) in [5.74, 6) is 0.206. The van der Waals surface area contributed by atoms with E-state index in [0.29, 0.717) is 22.9 Å². The topological polar surface area (TPSA) is 88.1 Å². The van der Waals surface area contributed by atoms with Crippen molar-refractivity contribution in [3.05, 3.63) is 58.6 Å². The minimum absolute atomic E-state index is 0.389. The maximum Gasteiger partial charge on any atom is 0.260 e. The number of hydrazone groups is 1. The van der Waals surface area contributed by atoms with Crippen LogP contribution in [0.4, 0.5) is 5.69 Å². The van der Waals surface area contributed by atoms with Gasteiger partial charge in [0.2, 0.25) is 10.0 Å². The first-order valence-electron chi connectivity index (χ1n) is 9.49. The minimum Gasteiger partial charge on any atom is -0.494 e. The third-order valence-corrected chi connectivity index (χ3v) is 5.53. The summed E-state index contributed by atoms with van der Waals surface area (Å²) in [6.45, 7) is 4.10. The Balaban J connectivity index is 1.99. The number of ether oxygens (including phenoxy) is 1. The molecule has 0 aliphatic carbocycles. The van der Waals surface area contributed by atoms with E-state index in [0.717, 1.165) is 34.7 Å². The number of hydrogen-bond acceptors (Lipinski definition) is 5. The summed E-state index contributed by atoms with van der Waals surface area (Å²) < 4.78 is 31.0. The number of nitrogens with one attached hydrogen (secondary N) is 1. The molecule has 0 spiro atoms. The van der Waals surface area contributed by atoms with Gasteiger partial charge in [-0.3, -0.25) is 9.10 Å². The van der Waals surface area contributed by atoms with Gasteiger partial charge in [-0.15, -0.1) is 0 Å². The normalized spacial score (nSPS) is 11.5. The van der Waals surface area contributed by atoms with E-state index in [2.05, 4.69) is 17.5 Å². The smallest absolute Gasteiger partial charge is 0.260 e. The van der Waals surface area contributed by atoms with Gasteiger partial charge in [0.25, 0.3) is 5.91 Å². The first-order valence-corrected chi connectivity index (χ1v) is 11.7. The lowest BCUT2D eigenvalue weighted by Crippen LogP contribution is -2.39. The van der Waals surface area contributed by atoms with Crippen LogP contribution in [0, 0.1) is 6.92 Å². The molecule has 30 heavy (non-hydrogen) atoms. The number of benzene rings is 2. The fourth-order valence-electron chi connectivity index (χ4n) is 2.61. The summed E-state index contributed by atoms with van der Waals surface area (Å²) in [6.07, 6.45) is 4.59. The molecule has 0 aliphatic heterocycles. The summed E-state index contributed by atoms with van der Waals surface area (Å²) in [5, 5.41) is 4.39. The van der Waals surface area contributed by atoms with Crippen LogP contribution in [0.25, 0.3) is 0 Å². The van der Waals surface area contributed by atoms with E-state index in [9.17, 15) is 13.2 Å². The van der Waals surface area contributed by atoms with Crippen LogP contribution in [-0.2, 0) is 14.8 Å². The second kappa shape index (κ2) is 11.0. The Morgan fingerprint density at radius 1 is 1.23 bits per heavy atom. The summed E-state index contributed by atoms with van der Waals surface area (Å²) in [5.41, 5.74) is 4.16. The lowest BCUT2D eigenvalue weighted by Gasteiger charge is -2.23. The average Bonchev–Trinajstić information content (AvgIpc) is 2.67. The fourth-order valence-corrected chi connectivity index (χ4v) is 3.75. The van der Waals surface area contributed by atoms with Crippen LogP contribution in [0.2, 0.25) is 5.02 Å². The number of sulfonamides is 1. The van der Waals surface area contributed by atoms with Crippen molar-refractivity contribution in [3.63, 3.8) is 0 Å². The first-order chi connectivity index (χ1) is 14.2. The Hall–Kier alpha value is -2.58. The first kappa shape index (κ1) is 23.7. The van der Waals surface area contributed by atoms with Crippen LogP contribution < -0.4 is 14.5 Å². The minimum atomic E-state index is -3.68. The molecule has 0 unspecified atom stereocenters. The van der Waals surface area contributed by atoms with Crippen LogP contribution >= 0.6 is 11.6 Å². The average molecular weight is 452 g/mol. The molecule has 0 radical (unpaired) electrons. The van der Waals surface area contributed by atoms with Crippen molar-refractivity contribution < 1.29 is 17.9 Å². The van der Waals surface area contributed by atoms with Crippen LogP contribution in [0.3, 0.4) is 0 Å². The molecule has 7 nitrogen and oxygen atoms in total. The number of nitrogens with zero attached hydrogens (tertiary/aromatic N) is 2. The summed E-state index contributed by atoms with van der Waals surface area (Å²) >= 11 is 5.94. The molecule has 1 amide bonds. The number of rotatable bonds is 10. The van der Waals surface area contributed by atoms with E-state index in [1.807, 2.05) is 24.3 Å². The van der Waals surface area contributed by atoms with Gasteiger partial charge in [-0.05, 0) is 66.9 Å². The molecule has 0 saturated heterocycles. The number of aryl methyl sites for hydroxylation is 1. The summed E-state index contributed by atoms with van der Waals surface area (Å²) in [6, 6.07) is 12.1. The van der Waals surface area contributed by atoms with Gasteiger partial charge in [-0.2, -0.15) is 5.10 Å². The maximum absolute atomic E-state index is 12.3. The molecular formula is C21H26ClN3O4S. The molecule has 0 heterocycles. The van der Waals surface area contributed by atoms with Crippen LogP contribution in [0.1, 0.15) is 30.9 Å². The van der Waals surface area contributed by atoms with E-state index >= 15 is 0 Å². The van der Waals surface area contributed by atoms with Crippen molar-refractivity contribution in [2.75, 3.05) is 23.7 Å². The number of halogens is 1. The molecule has 0 fully saturated rings. The Labute approximate surface area is 182 Å². The third kappa shape index (κ3) is 7.35. The van der Waals surface area contributed by atoms with Gasteiger partial charge < -0.3 is 4.74 Å². The number of anilines is 1. The molecule has 0 atom stereocenters. The van der Waals surface area contributed by atoms with E-state index in [1.54, 1.807) is 25.1 Å². The molecule has 0 aliphatic rings. The van der Waals surface area contributed by atoms with Gasteiger partial charge in [0.05, 0.1) is 24.8 Å². The highest BCUT2D eigenvalue weighted by Crippen LogP contribution is 2.25. The summed E-state index contributed by atoms with van der Waals surface area (Å²) in [4.78, 5) is 12.3. The second-order valence-electron chi connectivity index (χ2n) is 6.76. The highest BCUT2D eigenvalue weighted by Gasteiger charge is 2.22. The highest BCUT2D eigenvalue weighted by molar-refractivity contribution is 7.92. The fraction of sp³-hybridized carbons (Fsp3) is 0.333. The maximum atomic E-state index is 12.3. The number of carbonyl (C=O) groups is 1. The molecule has 2 aromatic carbocycles. The van der Waals surface area contributed by atoms with Crippen molar-refractivity contribution in [2.45, 2.75) is 26.7 Å². The van der Waals surface area contributed by atoms with Crippen molar-refractivity contribution in [3.8, 4) is 5.75 Å². The number of unbranched alkanes of at least 4 members (excludes halogenated alkanes) is 1. The Bertz CT molecular complexity index is 992. The van der Waals surface area contributed by atoms with Gasteiger partial charge in [-0.1, -0.05) is 24.9 Å². The molecule has 2 rings (SSSR count). The zero-order valence-electron chi connectivity index (χ0n) is 17.3. The molecule has 0 aromatic heterocycles. The molecule has 2 aromatic rings. The Morgan fingerprint density at radius 2 is 1.93 bits per heavy atom. The SMILES string of the molecule is CCCCOc1ccc(/C=N\NC(=O)CN(c2ccc(Cl)cc2C)S(C)(=O)=O)cc1. The molecule has 162 valence electrons. The summed E-state index contributed by atoms with van der Waals surface area (Å²) in [7, 11) is -3.68. The van der Waals surface area contributed by atoms with Crippen molar-refractivity contribution in [2.24, 2.45) is 5.10 Å². The van der Waals surface area contributed by atoms with Gasteiger partial charge in [0, 0.05) is 5.02 Å². The van der Waals surface area contributed by atoms with Crippen LogP contribution in [0.5, 0.6) is 5.75 Å². The molecule has 0 bridgehead atoms. The highest BCUT2D eigenvalue weighted by atomic mass is 35.5. The van der Waals surface area contributed by atoms with Gasteiger partial charge in [0.15, 0.2) is 0 Å². The van der Waals surface area contributed by atoms with E-state index in [-0.39, 0.29) is 0 Å². The second-order valence-corrected chi connectivity index (χ2v) is 9.11. The standard InChI is InChI=1S/C21H26ClN3O4S/c1-4-5-12-29-19-9-6-17(7-10-19)14-23-24-21(26)15-25(30(3,27)28)20-11-8-18(22)13-16(20)2/h6-11,13-14H,4-5,12,15H2,1-3H3,(H,24,26)/b23-14-. The van der Waals surface area contributed by atoms with Crippen molar-refractivity contribution >= 4 is 39.4 Å². The Kier molecular flexibility index (Phi) is 8.68. The van der Waals surface area contributed by atoms with Crippen molar-refractivity contribution in [1.29, 1.82) is 0 Å². The monoisotopic (exact) mass is 451 g/mol. The zero-order valence-corrected chi connectivity index (χ0v) is 18.8. The lowest BCUT2D eigenvalue weighted by atomic mass is 10.2. The van der Waals surface area contributed by atoms with E-state index < -0.39 is 22.5 Å². The number of amides is 1. The molecule has 1 N–H and O–H groups in total.